The summed E-state index contributed by atoms with van der Waals surface area (Å²) in [6.07, 6.45) is 6.49. The highest BCUT2D eigenvalue weighted by atomic mass is 16.5. The lowest BCUT2D eigenvalue weighted by Crippen LogP contribution is -2.53. The Labute approximate surface area is 154 Å². The van der Waals surface area contributed by atoms with Crippen molar-refractivity contribution in [2.45, 2.75) is 12.1 Å². The Bertz CT molecular complexity index is 1260. The lowest BCUT2D eigenvalue weighted by molar-refractivity contribution is 0.0119. The minimum absolute atomic E-state index is 0.0268. The Kier molecular flexibility index (Phi) is 1.74. The Morgan fingerprint density at radius 3 is 2.41 bits per heavy atom. The van der Waals surface area contributed by atoms with Gasteiger partial charge < -0.3 is 4.74 Å². The molecule has 6 nitrogen and oxygen atoms in total. The molecule has 2 aliphatic heterocycles. The Balaban J connectivity index is 1.48. The number of benzene rings is 1. The monoisotopic (exact) mass is 359 g/mol. The van der Waals surface area contributed by atoms with Crippen LogP contribution in [0.2, 0.25) is 0 Å². The first kappa shape index (κ1) is 13.4. The third kappa shape index (κ3) is 0.947. The van der Waals surface area contributed by atoms with Crippen molar-refractivity contribution in [2.75, 3.05) is 7.11 Å². The van der Waals surface area contributed by atoms with Gasteiger partial charge in [-0.2, -0.15) is 0 Å². The largest absolute Gasteiger partial charge is 0.500 e. The number of nitrogens with zero attached hydrogens (tertiary/aromatic N) is 3. The number of ether oxygens (including phenoxy) is 1. The van der Waals surface area contributed by atoms with Crippen LogP contribution in [0.15, 0.2) is 63.9 Å². The van der Waals surface area contributed by atoms with Gasteiger partial charge in [0.25, 0.3) is 0 Å². The van der Waals surface area contributed by atoms with Crippen LogP contribution in [0.3, 0.4) is 0 Å². The van der Waals surface area contributed by atoms with E-state index < -0.39 is 0 Å². The molecule has 0 amide bonds. The topological polar surface area (TPSA) is 58.2 Å². The fourth-order valence-corrected chi connectivity index (χ4v) is 8.38. The van der Waals surface area contributed by atoms with Crippen LogP contribution in [0.25, 0.3) is 5.69 Å². The lowest BCUT2D eigenvalue weighted by atomic mass is 9.68. The van der Waals surface area contributed by atoms with E-state index in [0.29, 0.717) is 29.4 Å². The average molecular weight is 359 g/mol. The highest BCUT2D eigenvalue weighted by Gasteiger charge is 3.04. The molecule has 4 saturated carbocycles. The fraction of sp³-hybridized carbons (Fsp3) is 0.429. The van der Waals surface area contributed by atoms with Gasteiger partial charge in [0.2, 0.25) is 0 Å². The molecule has 1 aromatic carbocycles. The van der Waals surface area contributed by atoms with Crippen molar-refractivity contribution < 1.29 is 4.74 Å². The van der Waals surface area contributed by atoms with E-state index >= 15 is 0 Å². The number of hydrogen-bond acceptors (Lipinski definition) is 3. The SMILES string of the molecule is COC1=CC=C[C@]23[C@H]4[C@H]5[C@@H]6[C@@H]5[C@H]2n2c(=O)n(-c5ccccc5)c(=O)n2[C@@H]6[C@]143. The summed E-state index contributed by atoms with van der Waals surface area (Å²) < 4.78 is 10.8. The van der Waals surface area contributed by atoms with Crippen molar-refractivity contribution in [1.82, 2.24) is 13.9 Å². The number of allylic oxidation sites excluding steroid dienone is 4. The van der Waals surface area contributed by atoms with E-state index in [1.54, 1.807) is 11.8 Å². The van der Waals surface area contributed by atoms with Crippen LogP contribution in [-0.2, 0) is 4.74 Å². The third-order valence-corrected chi connectivity index (χ3v) is 8.70. The summed E-state index contributed by atoms with van der Waals surface area (Å²) >= 11 is 0. The Hall–Kier alpha value is -2.76. The van der Waals surface area contributed by atoms with Crippen LogP contribution >= 0.6 is 0 Å². The van der Waals surface area contributed by atoms with Crippen molar-refractivity contribution in [3.8, 4) is 5.69 Å². The predicted octanol–water partition coefficient (Wildman–Crippen LogP) is 1.49. The molecule has 5 aliphatic carbocycles. The number of rotatable bonds is 2. The van der Waals surface area contributed by atoms with Gasteiger partial charge in [0.15, 0.2) is 0 Å². The summed E-state index contributed by atoms with van der Waals surface area (Å²) in [4.78, 5) is 26.9. The van der Waals surface area contributed by atoms with Crippen LogP contribution in [0.4, 0.5) is 0 Å². The molecular weight excluding hydrogens is 342 g/mol. The number of hydrogen-bond donors (Lipinski definition) is 0. The minimum Gasteiger partial charge on any atom is -0.500 e. The van der Waals surface area contributed by atoms with Crippen LogP contribution in [-0.4, -0.2) is 21.0 Å². The summed E-state index contributed by atoms with van der Waals surface area (Å²) in [7, 11) is 1.74. The van der Waals surface area contributed by atoms with Crippen molar-refractivity contribution in [2.24, 2.45) is 34.5 Å². The summed E-state index contributed by atoms with van der Waals surface area (Å²) in [6, 6.07) is 9.41. The molecular formula is C21H17N3O3. The van der Waals surface area contributed by atoms with Crippen LogP contribution in [0, 0.1) is 34.5 Å². The van der Waals surface area contributed by atoms with Gasteiger partial charge in [0, 0.05) is 5.41 Å². The van der Waals surface area contributed by atoms with Crippen molar-refractivity contribution >= 4 is 0 Å². The summed E-state index contributed by atoms with van der Waals surface area (Å²) in [6.45, 7) is 0. The minimum atomic E-state index is -0.203. The highest BCUT2D eigenvalue weighted by molar-refractivity contribution is 5.59. The zero-order valence-corrected chi connectivity index (χ0v) is 14.6. The van der Waals surface area contributed by atoms with E-state index in [9.17, 15) is 9.59 Å². The first-order chi connectivity index (χ1) is 13.2. The predicted molar refractivity (Wildman–Crippen MR) is 95.4 cm³/mol. The quantitative estimate of drug-likeness (QED) is 0.816. The molecule has 2 bridgehead atoms. The third-order valence-electron chi connectivity index (χ3n) is 8.70. The highest BCUT2D eigenvalue weighted by Crippen LogP contribution is 3.04. The molecule has 2 aromatic rings. The summed E-state index contributed by atoms with van der Waals surface area (Å²) in [5, 5.41) is 0. The number of para-hydroxylation sites is 1. The molecule has 0 unspecified atom stereocenters. The lowest BCUT2D eigenvalue weighted by Gasteiger charge is -2.48. The van der Waals surface area contributed by atoms with Crippen LogP contribution < -0.4 is 11.4 Å². The van der Waals surface area contributed by atoms with Gasteiger partial charge in [-0.25, -0.2) is 23.5 Å². The Morgan fingerprint density at radius 1 is 0.963 bits per heavy atom. The molecule has 7 aliphatic rings. The van der Waals surface area contributed by atoms with Crippen LogP contribution in [0.5, 0.6) is 0 Å². The molecule has 8 atom stereocenters. The van der Waals surface area contributed by atoms with Gasteiger partial charge in [-0.15, -0.1) is 0 Å². The molecule has 4 fully saturated rings. The van der Waals surface area contributed by atoms with Crippen molar-refractivity contribution in [3.63, 3.8) is 0 Å². The maximum absolute atomic E-state index is 13.5. The van der Waals surface area contributed by atoms with Gasteiger partial charge in [0.1, 0.15) is 5.76 Å². The molecule has 2 spiro atoms. The molecule has 0 radical (unpaired) electrons. The standard InChI is InChI=1S/C21H17N3O3/c1-27-11-8-5-9-20-15-12-13-14(12)17(21(11,15)20)24-19(26)22(10-6-3-2-4-7-10)18(25)23(24)16(13)20/h2-9,12-17H,1H3/t12-,13-,14-,15-,16-,17+,20+,21+/m1/s1. The molecule has 9 rings (SSSR count). The second kappa shape index (κ2) is 3.51. The second-order valence-corrected chi connectivity index (χ2v) is 8.92. The number of methoxy groups -OCH3 is 1. The van der Waals surface area contributed by atoms with Gasteiger partial charge in [-0.3, -0.25) is 0 Å². The molecule has 1 aromatic heterocycles. The van der Waals surface area contributed by atoms with Gasteiger partial charge in [-0.05, 0) is 41.9 Å². The van der Waals surface area contributed by atoms with E-state index in [1.807, 2.05) is 35.0 Å². The number of aromatic nitrogens is 3. The second-order valence-electron chi connectivity index (χ2n) is 8.92. The molecule has 0 N–H and O–H groups in total. The van der Waals surface area contributed by atoms with E-state index in [4.69, 9.17) is 4.74 Å². The summed E-state index contributed by atoms with van der Waals surface area (Å²) in [5.41, 5.74) is 0.117. The molecule has 134 valence electrons. The van der Waals surface area contributed by atoms with Gasteiger partial charge in [0.05, 0.1) is 30.3 Å². The molecule has 3 heterocycles. The first-order valence-electron chi connectivity index (χ1n) is 9.66. The smallest absolute Gasteiger partial charge is 0.352 e. The Morgan fingerprint density at radius 2 is 1.67 bits per heavy atom. The van der Waals surface area contributed by atoms with E-state index in [1.165, 1.54) is 4.57 Å². The van der Waals surface area contributed by atoms with E-state index in [0.717, 1.165) is 5.76 Å². The van der Waals surface area contributed by atoms with Crippen molar-refractivity contribution in [1.29, 1.82) is 0 Å². The molecule has 6 heteroatoms. The molecule has 27 heavy (non-hydrogen) atoms. The average Bonchev–Trinajstić information content (AvgIpc) is 3.46. The van der Waals surface area contributed by atoms with E-state index in [2.05, 4.69) is 18.2 Å². The fourth-order valence-electron chi connectivity index (χ4n) is 8.38. The van der Waals surface area contributed by atoms with Crippen LogP contribution in [0.1, 0.15) is 12.1 Å². The maximum atomic E-state index is 13.5. The van der Waals surface area contributed by atoms with Gasteiger partial charge in [-0.1, -0.05) is 30.4 Å². The maximum Gasteiger partial charge on any atom is 0.352 e. The summed E-state index contributed by atoms with van der Waals surface area (Å²) in [5.74, 6) is 3.24. The van der Waals surface area contributed by atoms with E-state index in [-0.39, 0.29) is 34.3 Å². The zero-order valence-electron chi connectivity index (χ0n) is 14.6. The van der Waals surface area contributed by atoms with Crippen molar-refractivity contribution in [3.05, 3.63) is 75.3 Å². The first-order valence-corrected chi connectivity index (χ1v) is 9.66. The normalized spacial score (nSPS) is 47.4. The van der Waals surface area contributed by atoms with Gasteiger partial charge >= 0.3 is 11.4 Å². The molecule has 0 saturated heterocycles. The zero-order chi connectivity index (χ0) is 17.9.